The molecular formula is C29H44N6O4. The van der Waals surface area contributed by atoms with Gasteiger partial charge in [0, 0.05) is 44.0 Å². The van der Waals surface area contributed by atoms with Crippen LogP contribution in [0.15, 0.2) is 24.3 Å². The van der Waals surface area contributed by atoms with Crippen molar-refractivity contribution in [3.05, 3.63) is 29.8 Å². The van der Waals surface area contributed by atoms with Gasteiger partial charge in [0.1, 0.15) is 12.1 Å². The largest absolute Gasteiger partial charge is 0.369 e. The van der Waals surface area contributed by atoms with E-state index in [9.17, 15) is 19.2 Å². The minimum Gasteiger partial charge on any atom is -0.369 e. The molecular weight excluding hydrogens is 496 g/mol. The molecule has 0 saturated carbocycles. The number of benzene rings is 1. The molecule has 0 aliphatic carbocycles. The predicted octanol–water partition coefficient (Wildman–Crippen LogP) is 0.947. The Kier molecular flexibility index (Phi) is 8.96. The zero-order valence-electron chi connectivity index (χ0n) is 23.9. The number of rotatable bonds is 8. The van der Waals surface area contributed by atoms with Crippen LogP contribution in [0.4, 0.5) is 5.69 Å². The number of hydrogen-bond donors (Lipinski definition) is 2. The Morgan fingerprint density at radius 3 is 2.18 bits per heavy atom. The number of piperazine rings is 1. The zero-order chi connectivity index (χ0) is 28.4. The number of hydrogen-bond acceptors (Lipinski definition) is 7. The van der Waals surface area contributed by atoms with E-state index in [0.717, 1.165) is 31.9 Å². The number of fused-ring (bicyclic) bond motifs is 1. The van der Waals surface area contributed by atoms with Crippen molar-refractivity contribution >= 4 is 29.2 Å². The highest BCUT2D eigenvalue weighted by molar-refractivity contribution is 6.01. The fraction of sp³-hybridized carbons (Fsp3) is 0.655. The summed E-state index contributed by atoms with van der Waals surface area (Å²) in [6.45, 7) is 12.0. The lowest BCUT2D eigenvalue weighted by atomic mass is 10.0. The van der Waals surface area contributed by atoms with Crippen LogP contribution in [0.3, 0.4) is 0 Å². The van der Waals surface area contributed by atoms with Crippen LogP contribution >= 0.6 is 0 Å². The molecule has 39 heavy (non-hydrogen) atoms. The van der Waals surface area contributed by atoms with E-state index in [0.29, 0.717) is 24.9 Å². The number of likely N-dealkylation sites (N-methyl/N-ethyl adjacent to an activating group) is 1. The van der Waals surface area contributed by atoms with Crippen LogP contribution in [0.1, 0.15) is 50.9 Å². The normalized spacial score (nSPS) is 23.4. The van der Waals surface area contributed by atoms with E-state index < -0.39 is 18.1 Å². The minimum absolute atomic E-state index is 0.0285. The van der Waals surface area contributed by atoms with Crippen molar-refractivity contribution in [3.8, 4) is 0 Å². The van der Waals surface area contributed by atoms with Gasteiger partial charge in [0.05, 0.1) is 18.6 Å². The van der Waals surface area contributed by atoms with Gasteiger partial charge in [-0.05, 0) is 56.0 Å². The molecule has 4 atom stereocenters. The summed E-state index contributed by atoms with van der Waals surface area (Å²) in [5.41, 5.74) is 7.67. The van der Waals surface area contributed by atoms with E-state index in [1.807, 2.05) is 39.8 Å². The summed E-state index contributed by atoms with van der Waals surface area (Å²) >= 11 is 0. The lowest BCUT2D eigenvalue weighted by molar-refractivity contribution is -0.138. The van der Waals surface area contributed by atoms with Gasteiger partial charge >= 0.3 is 0 Å². The standard InChI is InChI=1S/C29H44N6O4/c1-18(2)16-22(31-27(37)20-6-8-21(9-7-20)33-14-12-32(5)13-15-33)28(38)34-11-10-23-26(34)24(36)17-35(23)29(39)25(30)19(3)4/h6-9,18-19,22-23,25-26H,10-17,30H2,1-5H3,(H,31,37). The highest BCUT2D eigenvalue weighted by Gasteiger charge is 2.52. The third-order valence-corrected chi connectivity index (χ3v) is 8.30. The van der Waals surface area contributed by atoms with Gasteiger partial charge in [-0.25, -0.2) is 0 Å². The molecule has 3 aliphatic rings. The number of nitrogens with zero attached hydrogens (tertiary/aromatic N) is 4. The van der Waals surface area contributed by atoms with E-state index >= 15 is 0 Å². The first-order chi connectivity index (χ1) is 18.5. The molecule has 4 rings (SSSR count). The second-order valence-electron chi connectivity index (χ2n) is 12.0. The number of likely N-dealkylation sites (tertiary alicyclic amines) is 2. The molecule has 3 aliphatic heterocycles. The Bertz CT molecular complexity index is 1070. The number of Topliss-reactive ketones (excluding diaryl/α,β-unsaturated/α-hetero) is 1. The summed E-state index contributed by atoms with van der Waals surface area (Å²) in [6, 6.07) is 5.01. The van der Waals surface area contributed by atoms with Crippen molar-refractivity contribution in [3.63, 3.8) is 0 Å². The molecule has 3 fully saturated rings. The van der Waals surface area contributed by atoms with E-state index in [2.05, 4.69) is 22.2 Å². The molecule has 3 amide bonds. The molecule has 0 radical (unpaired) electrons. The molecule has 0 spiro atoms. The first-order valence-electron chi connectivity index (χ1n) is 14.2. The molecule has 0 aromatic heterocycles. The quantitative estimate of drug-likeness (QED) is 0.504. The van der Waals surface area contributed by atoms with Gasteiger partial charge in [0.2, 0.25) is 11.8 Å². The number of anilines is 1. The second kappa shape index (κ2) is 12.0. The van der Waals surface area contributed by atoms with Crippen molar-refractivity contribution in [1.29, 1.82) is 0 Å². The molecule has 10 nitrogen and oxygen atoms in total. The third kappa shape index (κ3) is 6.27. The highest BCUT2D eigenvalue weighted by atomic mass is 16.2. The fourth-order valence-corrected chi connectivity index (χ4v) is 5.86. The van der Waals surface area contributed by atoms with Gasteiger partial charge in [0.15, 0.2) is 5.78 Å². The van der Waals surface area contributed by atoms with Gasteiger partial charge in [-0.1, -0.05) is 27.7 Å². The number of amides is 3. The number of nitrogens with two attached hydrogens (primary N) is 1. The first-order valence-corrected chi connectivity index (χ1v) is 14.2. The van der Waals surface area contributed by atoms with Crippen LogP contribution in [-0.2, 0) is 14.4 Å². The van der Waals surface area contributed by atoms with E-state index in [1.165, 1.54) is 0 Å². The molecule has 3 N–H and O–H groups in total. The van der Waals surface area contributed by atoms with Crippen LogP contribution in [-0.4, -0.2) is 109 Å². The summed E-state index contributed by atoms with van der Waals surface area (Å²) in [4.78, 5) is 60.7. The maximum absolute atomic E-state index is 13.8. The number of carbonyl (C=O) groups is 4. The fourth-order valence-electron chi connectivity index (χ4n) is 5.86. The maximum Gasteiger partial charge on any atom is 0.251 e. The van der Waals surface area contributed by atoms with Gasteiger partial charge in [-0.2, -0.15) is 0 Å². The zero-order valence-corrected chi connectivity index (χ0v) is 23.9. The van der Waals surface area contributed by atoms with Crippen molar-refractivity contribution < 1.29 is 19.2 Å². The summed E-state index contributed by atoms with van der Waals surface area (Å²) in [6.07, 6.45) is 0.974. The van der Waals surface area contributed by atoms with Crippen molar-refractivity contribution in [2.45, 2.75) is 64.7 Å². The monoisotopic (exact) mass is 540 g/mol. The maximum atomic E-state index is 13.8. The Morgan fingerprint density at radius 1 is 0.949 bits per heavy atom. The van der Waals surface area contributed by atoms with Crippen LogP contribution in [0.2, 0.25) is 0 Å². The van der Waals surface area contributed by atoms with Crippen LogP contribution in [0.25, 0.3) is 0 Å². The van der Waals surface area contributed by atoms with Gasteiger partial charge in [-0.15, -0.1) is 0 Å². The van der Waals surface area contributed by atoms with Crippen LogP contribution in [0.5, 0.6) is 0 Å². The van der Waals surface area contributed by atoms with E-state index in [4.69, 9.17) is 5.73 Å². The molecule has 4 unspecified atom stereocenters. The lowest BCUT2D eigenvalue weighted by Gasteiger charge is -2.34. The average Bonchev–Trinajstić information content (AvgIpc) is 3.48. The molecule has 214 valence electrons. The Balaban J connectivity index is 1.44. The van der Waals surface area contributed by atoms with Crippen molar-refractivity contribution in [1.82, 2.24) is 20.0 Å². The molecule has 3 heterocycles. The van der Waals surface area contributed by atoms with Crippen LogP contribution in [0, 0.1) is 11.8 Å². The lowest BCUT2D eigenvalue weighted by Crippen LogP contribution is -2.53. The minimum atomic E-state index is -0.760. The number of nitrogens with one attached hydrogen (secondary N) is 1. The molecule has 3 saturated heterocycles. The summed E-state index contributed by atoms with van der Waals surface area (Å²) in [7, 11) is 2.11. The topological polar surface area (TPSA) is 119 Å². The van der Waals surface area contributed by atoms with Crippen molar-refractivity contribution in [2.24, 2.45) is 17.6 Å². The predicted molar refractivity (Wildman–Crippen MR) is 150 cm³/mol. The number of ketones is 1. The molecule has 10 heteroatoms. The van der Waals surface area contributed by atoms with Crippen molar-refractivity contribution in [2.75, 3.05) is 51.2 Å². The van der Waals surface area contributed by atoms with E-state index in [1.54, 1.807) is 21.9 Å². The summed E-state index contributed by atoms with van der Waals surface area (Å²) in [5, 5.41) is 2.95. The third-order valence-electron chi connectivity index (χ3n) is 8.30. The molecule has 1 aromatic rings. The number of carbonyl (C=O) groups excluding carboxylic acids is 4. The summed E-state index contributed by atoms with van der Waals surface area (Å²) < 4.78 is 0. The molecule has 0 bridgehead atoms. The Labute approximate surface area is 231 Å². The second-order valence-corrected chi connectivity index (χ2v) is 12.0. The average molecular weight is 541 g/mol. The van der Waals surface area contributed by atoms with Crippen LogP contribution < -0.4 is 16.0 Å². The van der Waals surface area contributed by atoms with Gasteiger partial charge in [-0.3, -0.25) is 19.2 Å². The van der Waals surface area contributed by atoms with Gasteiger partial charge < -0.3 is 30.7 Å². The smallest absolute Gasteiger partial charge is 0.251 e. The summed E-state index contributed by atoms with van der Waals surface area (Å²) in [5.74, 6) is -0.872. The highest BCUT2D eigenvalue weighted by Crippen LogP contribution is 2.31. The SMILES string of the molecule is CC(C)CC(NC(=O)c1ccc(N2CCN(C)CC2)cc1)C(=O)N1CCC2C1C(=O)CN2C(=O)C(N)C(C)C. The Morgan fingerprint density at radius 2 is 1.59 bits per heavy atom. The van der Waals surface area contributed by atoms with Gasteiger partial charge in [0.25, 0.3) is 5.91 Å². The first kappa shape index (κ1) is 29.0. The van der Waals surface area contributed by atoms with E-state index in [-0.39, 0.29) is 47.9 Å². The Hall–Kier alpha value is -2.98. The molecule has 1 aromatic carbocycles.